The summed E-state index contributed by atoms with van der Waals surface area (Å²) in [6, 6.07) is 10.7. The monoisotopic (exact) mass is 594 g/mol. The van der Waals surface area contributed by atoms with Crippen LogP contribution in [0.2, 0.25) is 0 Å². The summed E-state index contributed by atoms with van der Waals surface area (Å²) in [5.74, 6) is -0.319. The lowest BCUT2D eigenvalue weighted by Crippen LogP contribution is -2.43. The number of ether oxygens (including phenoxy) is 2. The Kier molecular flexibility index (Phi) is 8.33. The lowest BCUT2D eigenvalue weighted by molar-refractivity contribution is 0.0391. The molecule has 14 heteroatoms. The number of sulfone groups is 1. The van der Waals surface area contributed by atoms with Crippen molar-refractivity contribution in [2.24, 2.45) is 0 Å². The smallest absolute Gasteiger partial charge is 0.260 e. The molecule has 1 amide bonds. The van der Waals surface area contributed by atoms with Crippen LogP contribution in [0.3, 0.4) is 0 Å². The number of aromatic nitrogens is 1. The number of morpholine rings is 2. The van der Waals surface area contributed by atoms with Crippen LogP contribution in [-0.2, 0) is 29.3 Å². The van der Waals surface area contributed by atoms with Crippen molar-refractivity contribution in [3.8, 4) is 0 Å². The molecule has 2 fully saturated rings. The van der Waals surface area contributed by atoms with Crippen LogP contribution in [-0.4, -0.2) is 109 Å². The summed E-state index contributed by atoms with van der Waals surface area (Å²) in [6.45, 7) is 5.00. The van der Waals surface area contributed by atoms with Gasteiger partial charge in [-0.25, -0.2) is 21.8 Å². The van der Waals surface area contributed by atoms with Crippen LogP contribution in [0.1, 0.15) is 10.4 Å². The van der Waals surface area contributed by atoms with Crippen molar-refractivity contribution in [2.75, 3.05) is 76.9 Å². The Morgan fingerprint density at radius 3 is 2.18 bits per heavy atom. The molecule has 1 aromatic heterocycles. The van der Waals surface area contributed by atoms with Crippen LogP contribution in [0.5, 0.6) is 0 Å². The zero-order chi connectivity index (χ0) is 27.6. The number of amides is 1. The van der Waals surface area contributed by atoms with E-state index in [0.29, 0.717) is 60.4 Å². The van der Waals surface area contributed by atoms with Crippen molar-refractivity contribution in [3.63, 3.8) is 0 Å². The lowest BCUT2D eigenvalue weighted by atomic mass is 10.2. The van der Waals surface area contributed by atoms with Gasteiger partial charge in [0.25, 0.3) is 5.91 Å². The molecule has 11 nitrogen and oxygen atoms in total. The SMILES string of the molecule is CS(=O)(=O)c1ccc2nc(N(CCN3CCOCC3)C(=O)c3ccc(S(=O)(=O)N4CCOCC4)cc3)sc2c1. The molecule has 210 valence electrons. The first-order chi connectivity index (χ1) is 18.6. The summed E-state index contributed by atoms with van der Waals surface area (Å²) in [4.78, 5) is 22.5. The fourth-order valence-electron chi connectivity index (χ4n) is 4.45. The van der Waals surface area contributed by atoms with Gasteiger partial charge in [-0.3, -0.25) is 14.6 Å². The fraction of sp³-hybridized carbons (Fsp3) is 0.440. The molecule has 0 spiro atoms. The number of hydrogen-bond donors (Lipinski definition) is 0. The Morgan fingerprint density at radius 2 is 1.54 bits per heavy atom. The minimum Gasteiger partial charge on any atom is -0.379 e. The molecule has 0 bridgehead atoms. The van der Waals surface area contributed by atoms with Gasteiger partial charge in [-0.05, 0) is 42.5 Å². The van der Waals surface area contributed by atoms with Crippen molar-refractivity contribution in [2.45, 2.75) is 9.79 Å². The molecule has 3 aromatic rings. The van der Waals surface area contributed by atoms with Crippen molar-refractivity contribution < 1.29 is 31.1 Å². The first kappa shape index (κ1) is 28.1. The van der Waals surface area contributed by atoms with Gasteiger partial charge in [0.1, 0.15) is 0 Å². The average Bonchev–Trinajstić information content (AvgIpc) is 3.37. The molecule has 2 aromatic carbocycles. The minimum atomic E-state index is -3.68. The Hall–Kier alpha value is -2.46. The van der Waals surface area contributed by atoms with E-state index in [9.17, 15) is 21.6 Å². The van der Waals surface area contributed by atoms with E-state index in [1.807, 2.05) is 0 Å². The predicted octanol–water partition coefficient (Wildman–Crippen LogP) is 1.70. The van der Waals surface area contributed by atoms with E-state index in [2.05, 4.69) is 9.88 Å². The Labute approximate surface area is 231 Å². The van der Waals surface area contributed by atoms with Crippen LogP contribution in [0.15, 0.2) is 52.3 Å². The van der Waals surface area contributed by atoms with E-state index < -0.39 is 19.9 Å². The van der Waals surface area contributed by atoms with E-state index >= 15 is 0 Å². The molecular formula is C25H30N4O7S3. The third kappa shape index (κ3) is 6.32. The number of carbonyl (C=O) groups is 1. The highest BCUT2D eigenvalue weighted by molar-refractivity contribution is 7.90. The molecule has 3 heterocycles. The third-order valence-electron chi connectivity index (χ3n) is 6.71. The zero-order valence-corrected chi connectivity index (χ0v) is 23.9. The maximum Gasteiger partial charge on any atom is 0.260 e. The largest absolute Gasteiger partial charge is 0.379 e. The second kappa shape index (κ2) is 11.6. The quantitative estimate of drug-likeness (QED) is 0.383. The molecule has 2 aliphatic rings. The summed E-state index contributed by atoms with van der Waals surface area (Å²) in [7, 11) is -7.08. The topological polar surface area (TPSA) is 126 Å². The molecule has 0 radical (unpaired) electrons. The molecule has 2 aliphatic heterocycles. The van der Waals surface area contributed by atoms with E-state index in [1.165, 1.54) is 46.0 Å². The Bertz CT molecular complexity index is 1540. The number of fused-ring (bicyclic) bond motifs is 1. The predicted molar refractivity (Wildman–Crippen MR) is 148 cm³/mol. The average molecular weight is 595 g/mol. The Morgan fingerprint density at radius 1 is 0.923 bits per heavy atom. The number of sulfonamides is 1. The van der Waals surface area contributed by atoms with Gasteiger partial charge in [-0.1, -0.05) is 11.3 Å². The molecule has 0 saturated carbocycles. The van der Waals surface area contributed by atoms with Crippen LogP contribution in [0.4, 0.5) is 5.13 Å². The highest BCUT2D eigenvalue weighted by Crippen LogP contribution is 2.32. The van der Waals surface area contributed by atoms with Gasteiger partial charge in [0.15, 0.2) is 15.0 Å². The first-order valence-electron chi connectivity index (χ1n) is 12.5. The summed E-state index contributed by atoms with van der Waals surface area (Å²) >= 11 is 1.24. The zero-order valence-electron chi connectivity index (χ0n) is 21.5. The number of nitrogens with zero attached hydrogens (tertiary/aromatic N) is 4. The third-order valence-corrected chi connectivity index (χ3v) is 10.8. The highest BCUT2D eigenvalue weighted by Gasteiger charge is 2.28. The van der Waals surface area contributed by atoms with Crippen LogP contribution in [0, 0.1) is 0 Å². The number of rotatable bonds is 8. The van der Waals surface area contributed by atoms with Gasteiger partial charge in [0.05, 0.1) is 46.4 Å². The second-order valence-corrected chi connectivity index (χ2v) is 14.3. The fourth-order valence-corrected chi connectivity index (χ4v) is 7.61. The van der Waals surface area contributed by atoms with Crippen LogP contribution < -0.4 is 4.90 Å². The second-order valence-electron chi connectivity index (χ2n) is 9.35. The minimum absolute atomic E-state index is 0.120. The number of anilines is 1. The van der Waals surface area contributed by atoms with E-state index in [0.717, 1.165) is 19.3 Å². The van der Waals surface area contributed by atoms with Crippen LogP contribution >= 0.6 is 11.3 Å². The summed E-state index contributed by atoms with van der Waals surface area (Å²) in [6.07, 6.45) is 1.15. The number of benzene rings is 2. The van der Waals surface area contributed by atoms with Gasteiger partial charge in [0, 0.05) is 51.1 Å². The molecule has 2 saturated heterocycles. The van der Waals surface area contributed by atoms with E-state index in [-0.39, 0.29) is 28.8 Å². The van der Waals surface area contributed by atoms with E-state index in [4.69, 9.17) is 9.47 Å². The first-order valence-corrected chi connectivity index (χ1v) is 16.7. The van der Waals surface area contributed by atoms with Crippen LogP contribution in [0.25, 0.3) is 10.2 Å². The molecule has 0 unspecified atom stereocenters. The molecule has 0 atom stereocenters. The van der Waals surface area contributed by atoms with Crippen molar-refractivity contribution >= 4 is 52.5 Å². The van der Waals surface area contributed by atoms with Gasteiger partial charge in [-0.15, -0.1) is 0 Å². The molecule has 5 rings (SSSR count). The summed E-state index contributed by atoms with van der Waals surface area (Å²) in [5, 5.41) is 0.443. The number of thiazole rings is 1. The molecule has 0 aliphatic carbocycles. The van der Waals surface area contributed by atoms with E-state index in [1.54, 1.807) is 17.0 Å². The van der Waals surface area contributed by atoms with Gasteiger partial charge >= 0.3 is 0 Å². The maximum absolute atomic E-state index is 13.8. The standard InChI is InChI=1S/C25H30N4O7S3/c1-38(31,32)21-6-7-22-23(18-21)37-25(26-22)29(9-8-27-10-14-35-15-11-27)24(30)19-2-4-20(5-3-19)39(33,34)28-12-16-36-17-13-28/h2-7,18H,8-17H2,1H3. The normalized spacial score (nSPS) is 17.9. The maximum atomic E-state index is 13.8. The lowest BCUT2D eigenvalue weighted by Gasteiger charge is -2.29. The Balaban J connectivity index is 1.43. The highest BCUT2D eigenvalue weighted by atomic mass is 32.2. The van der Waals surface area contributed by atoms with Crippen molar-refractivity contribution in [1.82, 2.24) is 14.2 Å². The van der Waals surface area contributed by atoms with Gasteiger partial charge < -0.3 is 9.47 Å². The molecule has 39 heavy (non-hydrogen) atoms. The summed E-state index contributed by atoms with van der Waals surface area (Å²) < 4.78 is 62.8. The van der Waals surface area contributed by atoms with Crippen molar-refractivity contribution in [1.29, 1.82) is 0 Å². The number of hydrogen-bond acceptors (Lipinski definition) is 10. The molecule has 0 N–H and O–H groups in total. The summed E-state index contributed by atoms with van der Waals surface area (Å²) in [5.41, 5.74) is 0.924. The molecular weight excluding hydrogens is 564 g/mol. The number of carbonyl (C=O) groups excluding carboxylic acids is 1. The van der Waals surface area contributed by atoms with Gasteiger partial charge in [-0.2, -0.15) is 4.31 Å². The van der Waals surface area contributed by atoms with Gasteiger partial charge in [0.2, 0.25) is 10.0 Å². The van der Waals surface area contributed by atoms with Crippen molar-refractivity contribution in [3.05, 3.63) is 48.0 Å².